The number of thioether (sulfide) groups is 1. The lowest BCUT2D eigenvalue weighted by molar-refractivity contribution is -0.122. The number of carbonyl (C=O) groups is 1. The van der Waals surface area contributed by atoms with Gasteiger partial charge in [-0.3, -0.25) is 9.69 Å². The van der Waals surface area contributed by atoms with Crippen molar-refractivity contribution in [2.45, 2.75) is 13.5 Å². The summed E-state index contributed by atoms with van der Waals surface area (Å²) < 4.78 is 37.8. The second-order valence-corrected chi connectivity index (χ2v) is 8.37. The highest BCUT2D eigenvalue weighted by Gasteiger charge is 2.32. The number of likely N-dealkylation sites (N-methyl/N-ethyl adjacent to an activating group) is 1. The van der Waals surface area contributed by atoms with Gasteiger partial charge in [-0.1, -0.05) is 18.2 Å². The Balaban J connectivity index is 1.54. The van der Waals surface area contributed by atoms with E-state index in [4.69, 9.17) is 9.47 Å². The molecule has 0 saturated carbocycles. The first-order valence-electron chi connectivity index (χ1n) is 10.6. The van der Waals surface area contributed by atoms with Gasteiger partial charge in [0.25, 0.3) is 5.91 Å². The molecular weight excluding hydrogens is 458 g/mol. The van der Waals surface area contributed by atoms with Crippen LogP contribution < -0.4 is 9.47 Å². The quantitative estimate of drug-likeness (QED) is 0.379. The van der Waals surface area contributed by atoms with Crippen molar-refractivity contribution in [2.75, 3.05) is 13.7 Å². The number of halogens is 2. The van der Waals surface area contributed by atoms with Crippen molar-refractivity contribution in [1.29, 1.82) is 0 Å². The van der Waals surface area contributed by atoms with Gasteiger partial charge in [-0.05, 0) is 84.4 Å². The standard InChI is InChI=1S/C26H22F2N2O3S/c1-3-30-25(31)24(34-26(30)29-21-10-8-19(27)9-11-21)15-17-7-12-22(23(14-17)32-2)33-16-18-5-4-6-20(28)13-18/h4-15H,3,16H2,1-2H3/b24-15+,29-26?. The van der Waals surface area contributed by atoms with Gasteiger partial charge in [0.15, 0.2) is 16.7 Å². The summed E-state index contributed by atoms with van der Waals surface area (Å²) in [7, 11) is 1.53. The Labute approximate surface area is 200 Å². The summed E-state index contributed by atoms with van der Waals surface area (Å²) >= 11 is 1.26. The summed E-state index contributed by atoms with van der Waals surface area (Å²) in [6, 6.07) is 17.3. The molecule has 1 saturated heterocycles. The maximum absolute atomic E-state index is 13.4. The molecule has 1 aliphatic heterocycles. The highest BCUT2D eigenvalue weighted by atomic mass is 32.2. The molecular formula is C26H22F2N2O3S. The number of rotatable bonds is 7. The van der Waals surface area contributed by atoms with E-state index in [0.717, 1.165) is 5.56 Å². The number of nitrogens with zero attached hydrogens (tertiary/aromatic N) is 2. The van der Waals surface area contributed by atoms with Gasteiger partial charge in [-0.25, -0.2) is 13.8 Å². The van der Waals surface area contributed by atoms with Gasteiger partial charge in [0, 0.05) is 6.54 Å². The van der Waals surface area contributed by atoms with Crippen LogP contribution in [0.3, 0.4) is 0 Å². The minimum atomic E-state index is -0.343. The molecule has 0 atom stereocenters. The Hall–Kier alpha value is -3.65. The first kappa shape index (κ1) is 23.5. The third-order valence-corrected chi connectivity index (χ3v) is 6.03. The third kappa shape index (κ3) is 5.46. The fourth-order valence-corrected chi connectivity index (χ4v) is 4.39. The van der Waals surface area contributed by atoms with E-state index in [1.807, 2.05) is 13.0 Å². The van der Waals surface area contributed by atoms with Gasteiger partial charge in [0.1, 0.15) is 18.2 Å². The van der Waals surface area contributed by atoms with Gasteiger partial charge in [-0.15, -0.1) is 0 Å². The van der Waals surface area contributed by atoms with Crippen LogP contribution in [0.15, 0.2) is 76.6 Å². The predicted molar refractivity (Wildman–Crippen MR) is 130 cm³/mol. The first-order chi connectivity index (χ1) is 16.5. The molecule has 4 rings (SSSR count). The summed E-state index contributed by atoms with van der Waals surface area (Å²) in [4.78, 5) is 19.5. The van der Waals surface area contributed by atoms with Gasteiger partial charge >= 0.3 is 0 Å². The number of methoxy groups -OCH3 is 1. The summed E-state index contributed by atoms with van der Waals surface area (Å²) in [6.07, 6.45) is 1.77. The monoisotopic (exact) mass is 480 g/mol. The maximum atomic E-state index is 13.4. The molecule has 0 bridgehead atoms. The average molecular weight is 481 g/mol. The Morgan fingerprint density at radius 1 is 1.00 bits per heavy atom. The second-order valence-electron chi connectivity index (χ2n) is 7.36. The van der Waals surface area contributed by atoms with E-state index in [0.29, 0.717) is 39.4 Å². The zero-order valence-corrected chi connectivity index (χ0v) is 19.4. The van der Waals surface area contributed by atoms with Crippen molar-refractivity contribution in [3.05, 3.63) is 94.4 Å². The third-order valence-electron chi connectivity index (χ3n) is 5.02. The number of aliphatic imine (C=N–C) groups is 1. The smallest absolute Gasteiger partial charge is 0.266 e. The van der Waals surface area contributed by atoms with Crippen LogP contribution in [0.4, 0.5) is 14.5 Å². The van der Waals surface area contributed by atoms with Crippen LogP contribution in [-0.4, -0.2) is 29.6 Å². The minimum Gasteiger partial charge on any atom is -0.493 e. The first-order valence-corrected chi connectivity index (χ1v) is 11.4. The molecule has 0 N–H and O–H groups in total. The van der Waals surface area contributed by atoms with E-state index in [2.05, 4.69) is 4.99 Å². The number of ether oxygens (including phenoxy) is 2. The predicted octanol–water partition coefficient (Wildman–Crippen LogP) is 6.18. The normalized spacial score (nSPS) is 15.9. The Morgan fingerprint density at radius 2 is 1.79 bits per heavy atom. The highest BCUT2D eigenvalue weighted by molar-refractivity contribution is 8.18. The number of carbonyl (C=O) groups excluding carboxylic acids is 1. The molecule has 34 heavy (non-hydrogen) atoms. The van der Waals surface area contributed by atoms with Crippen LogP contribution in [0.5, 0.6) is 11.5 Å². The van der Waals surface area contributed by atoms with Crippen LogP contribution in [0.25, 0.3) is 6.08 Å². The molecule has 1 amide bonds. The van der Waals surface area contributed by atoms with Crippen LogP contribution in [0.2, 0.25) is 0 Å². The SMILES string of the molecule is CCN1C(=O)/C(=C\c2ccc(OCc3cccc(F)c3)c(OC)c2)SC1=Nc1ccc(F)cc1. The molecule has 8 heteroatoms. The van der Waals surface area contributed by atoms with Crippen LogP contribution >= 0.6 is 11.8 Å². The lowest BCUT2D eigenvalue weighted by Gasteiger charge is -2.12. The topological polar surface area (TPSA) is 51.1 Å². The molecule has 1 heterocycles. The number of benzene rings is 3. The van der Waals surface area contributed by atoms with Crippen LogP contribution in [0, 0.1) is 11.6 Å². The summed E-state index contributed by atoms with van der Waals surface area (Å²) in [5, 5.41) is 0.535. The zero-order valence-electron chi connectivity index (χ0n) is 18.6. The van der Waals surface area contributed by atoms with Crippen molar-refractivity contribution in [2.24, 2.45) is 4.99 Å². The van der Waals surface area contributed by atoms with Crippen LogP contribution in [-0.2, 0) is 11.4 Å². The molecule has 3 aromatic carbocycles. The number of amides is 1. The van der Waals surface area contributed by atoms with E-state index in [1.165, 1.54) is 43.1 Å². The van der Waals surface area contributed by atoms with Gasteiger partial charge in [0.2, 0.25) is 0 Å². The maximum Gasteiger partial charge on any atom is 0.266 e. The summed E-state index contributed by atoms with van der Waals surface area (Å²) in [5.41, 5.74) is 2.02. The van der Waals surface area contributed by atoms with Crippen molar-refractivity contribution in [3.63, 3.8) is 0 Å². The number of hydrogen-bond donors (Lipinski definition) is 0. The minimum absolute atomic E-state index is 0.154. The van der Waals surface area contributed by atoms with Crippen molar-refractivity contribution in [3.8, 4) is 11.5 Å². The fourth-order valence-electron chi connectivity index (χ4n) is 3.33. The molecule has 174 valence electrons. The van der Waals surface area contributed by atoms with Crippen molar-refractivity contribution >= 4 is 34.6 Å². The molecule has 0 aromatic heterocycles. The Bertz CT molecular complexity index is 1260. The fraction of sp³-hybridized carbons (Fsp3) is 0.154. The lowest BCUT2D eigenvalue weighted by Crippen LogP contribution is -2.28. The molecule has 0 aliphatic carbocycles. The Kier molecular flexibility index (Phi) is 7.27. The summed E-state index contributed by atoms with van der Waals surface area (Å²) in [6.45, 7) is 2.52. The van der Waals surface area contributed by atoms with E-state index in [1.54, 1.807) is 47.4 Å². The van der Waals surface area contributed by atoms with E-state index < -0.39 is 0 Å². The van der Waals surface area contributed by atoms with Crippen molar-refractivity contribution < 1.29 is 23.0 Å². The molecule has 5 nitrogen and oxygen atoms in total. The summed E-state index contributed by atoms with van der Waals surface area (Å²) in [5.74, 6) is 0.183. The molecule has 1 fully saturated rings. The molecule has 1 aliphatic rings. The number of amidine groups is 1. The molecule has 3 aromatic rings. The highest BCUT2D eigenvalue weighted by Crippen LogP contribution is 2.36. The molecule has 0 radical (unpaired) electrons. The van der Waals surface area contributed by atoms with Crippen LogP contribution in [0.1, 0.15) is 18.1 Å². The zero-order chi connectivity index (χ0) is 24.1. The Morgan fingerprint density at radius 3 is 2.50 bits per heavy atom. The second kappa shape index (κ2) is 10.5. The molecule has 0 unspecified atom stereocenters. The number of hydrogen-bond acceptors (Lipinski definition) is 5. The van der Waals surface area contributed by atoms with Gasteiger partial charge in [0.05, 0.1) is 17.7 Å². The lowest BCUT2D eigenvalue weighted by atomic mass is 10.1. The van der Waals surface area contributed by atoms with Gasteiger partial charge in [-0.2, -0.15) is 0 Å². The largest absolute Gasteiger partial charge is 0.493 e. The van der Waals surface area contributed by atoms with E-state index in [9.17, 15) is 13.6 Å². The van der Waals surface area contributed by atoms with Crippen molar-refractivity contribution in [1.82, 2.24) is 4.90 Å². The van der Waals surface area contributed by atoms with E-state index in [-0.39, 0.29) is 24.1 Å². The van der Waals surface area contributed by atoms with E-state index >= 15 is 0 Å². The average Bonchev–Trinajstić information content (AvgIpc) is 3.13. The van der Waals surface area contributed by atoms with Gasteiger partial charge < -0.3 is 9.47 Å². The molecule has 0 spiro atoms.